The van der Waals surface area contributed by atoms with Gasteiger partial charge in [0.15, 0.2) is 0 Å². The second-order valence-corrected chi connectivity index (χ2v) is 7.69. The molecule has 0 aliphatic heterocycles. The van der Waals surface area contributed by atoms with Gasteiger partial charge in [-0.05, 0) is 39.7 Å². The van der Waals surface area contributed by atoms with Crippen molar-refractivity contribution >= 4 is 32.9 Å². The number of methoxy groups -OCH3 is 1. The van der Waals surface area contributed by atoms with Gasteiger partial charge in [-0.3, -0.25) is 4.79 Å². The Morgan fingerprint density at radius 2 is 1.86 bits per heavy atom. The Morgan fingerprint density at radius 3 is 2.62 bits per heavy atom. The van der Waals surface area contributed by atoms with Gasteiger partial charge in [-0.25, -0.2) is 4.98 Å². The number of ether oxygens (including phenoxy) is 1. The minimum absolute atomic E-state index is 0.0339. The van der Waals surface area contributed by atoms with Crippen LogP contribution in [0.15, 0.2) is 65.4 Å². The van der Waals surface area contributed by atoms with E-state index in [1.807, 2.05) is 60.9 Å². The van der Waals surface area contributed by atoms with Gasteiger partial charge in [0.1, 0.15) is 11.4 Å². The molecule has 29 heavy (non-hydrogen) atoms. The van der Waals surface area contributed by atoms with Gasteiger partial charge in [-0.2, -0.15) is 0 Å². The van der Waals surface area contributed by atoms with E-state index in [-0.39, 0.29) is 5.91 Å². The summed E-state index contributed by atoms with van der Waals surface area (Å²) in [5.74, 6) is 0.762. The van der Waals surface area contributed by atoms with Crippen molar-refractivity contribution in [1.82, 2.24) is 14.9 Å². The normalized spacial score (nSPS) is 10.9. The van der Waals surface area contributed by atoms with Gasteiger partial charge in [0.25, 0.3) is 5.91 Å². The molecule has 0 spiro atoms. The first-order valence-electron chi connectivity index (χ1n) is 9.12. The minimum atomic E-state index is -0.0339. The molecule has 0 unspecified atom stereocenters. The van der Waals surface area contributed by atoms with Crippen molar-refractivity contribution in [2.75, 3.05) is 21.2 Å². The first-order valence-corrected chi connectivity index (χ1v) is 9.91. The van der Waals surface area contributed by atoms with Crippen LogP contribution in [0, 0.1) is 0 Å². The highest BCUT2D eigenvalue weighted by atomic mass is 79.9. The third-order valence-corrected chi connectivity index (χ3v) is 5.69. The maximum atomic E-state index is 12.4. The Labute approximate surface area is 177 Å². The zero-order valence-electron chi connectivity index (χ0n) is 16.4. The molecule has 4 aromatic rings. The Morgan fingerprint density at radius 1 is 1.07 bits per heavy atom. The predicted molar refractivity (Wildman–Crippen MR) is 119 cm³/mol. The highest BCUT2D eigenvalue weighted by Gasteiger charge is 2.18. The topological polar surface area (TPSA) is 58.2 Å². The van der Waals surface area contributed by atoms with E-state index >= 15 is 0 Å². The number of pyridine rings is 1. The Hall–Kier alpha value is -3.12. The highest BCUT2D eigenvalue weighted by molar-refractivity contribution is 9.10. The van der Waals surface area contributed by atoms with Crippen LogP contribution in [-0.2, 0) is 0 Å². The molecule has 0 saturated heterocycles. The Balaban J connectivity index is 1.90. The first-order chi connectivity index (χ1) is 14.0. The maximum absolute atomic E-state index is 12.4. The fourth-order valence-electron chi connectivity index (χ4n) is 3.42. The van der Waals surface area contributed by atoms with Gasteiger partial charge in [0.2, 0.25) is 0 Å². The highest BCUT2D eigenvalue weighted by Crippen LogP contribution is 2.41. The van der Waals surface area contributed by atoms with Crippen molar-refractivity contribution in [3.63, 3.8) is 0 Å². The molecule has 4 rings (SSSR count). The fraction of sp³-hybridized carbons (Fsp3) is 0.130. The lowest BCUT2D eigenvalue weighted by atomic mass is 10.0. The van der Waals surface area contributed by atoms with Gasteiger partial charge in [-0.1, -0.05) is 30.3 Å². The number of nitrogens with one attached hydrogen (secondary N) is 1. The molecule has 0 fully saturated rings. The zero-order valence-corrected chi connectivity index (χ0v) is 17.9. The van der Waals surface area contributed by atoms with Crippen LogP contribution in [0.25, 0.3) is 33.3 Å². The van der Waals surface area contributed by atoms with Crippen molar-refractivity contribution in [3.05, 3.63) is 71.0 Å². The van der Waals surface area contributed by atoms with Crippen LogP contribution in [0.4, 0.5) is 0 Å². The van der Waals surface area contributed by atoms with Crippen molar-refractivity contribution in [1.29, 1.82) is 0 Å². The van der Waals surface area contributed by atoms with Crippen molar-refractivity contribution < 1.29 is 9.53 Å². The summed E-state index contributed by atoms with van der Waals surface area (Å²) in [7, 11) is 5.16. The summed E-state index contributed by atoms with van der Waals surface area (Å²) in [4.78, 5) is 21.8. The smallest absolute Gasteiger partial charge is 0.253 e. The average Bonchev–Trinajstić information content (AvgIpc) is 3.18. The molecule has 2 aromatic heterocycles. The predicted octanol–water partition coefficient (Wildman–Crippen LogP) is 5.37. The summed E-state index contributed by atoms with van der Waals surface area (Å²) >= 11 is 3.79. The summed E-state index contributed by atoms with van der Waals surface area (Å²) in [5, 5.41) is 0.969. The van der Waals surface area contributed by atoms with E-state index in [2.05, 4.69) is 25.9 Å². The van der Waals surface area contributed by atoms with Gasteiger partial charge in [-0.15, -0.1) is 0 Å². The number of halogens is 1. The van der Waals surface area contributed by atoms with Crippen molar-refractivity contribution in [2.45, 2.75) is 0 Å². The van der Waals surface area contributed by atoms with Crippen LogP contribution in [-0.4, -0.2) is 42.0 Å². The van der Waals surface area contributed by atoms with Gasteiger partial charge in [0.05, 0.1) is 7.11 Å². The Bertz CT molecular complexity index is 1210. The number of para-hydroxylation sites is 1. The number of fused-ring (bicyclic) bond motifs is 1. The number of amides is 1. The third kappa shape index (κ3) is 3.40. The molecule has 0 bridgehead atoms. The minimum Gasteiger partial charge on any atom is -0.496 e. The summed E-state index contributed by atoms with van der Waals surface area (Å²) in [6.07, 6.45) is 3.75. The quantitative estimate of drug-likeness (QED) is 0.455. The first kappa shape index (κ1) is 19.2. The molecule has 0 aliphatic carbocycles. The van der Waals surface area contributed by atoms with Crippen LogP contribution >= 0.6 is 15.9 Å². The monoisotopic (exact) mass is 449 g/mol. The summed E-state index contributed by atoms with van der Waals surface area (Å²) in [6, 6.07) is 15.5. The number of hydrogen-bond acceptors (Lipinski definition) is 3. The Kier molecular flexibility index (Phi) is 5.11. The molecule has 0 radical (unpaired) electrons. The van der Waals surface area contributed by atoms with E-state index in [4.69, 9.17) is 4.74 Å². The molecular formula is C23H20BrN3O2. The van der Waals surface area contributed by atoms with E-state index < -0.39 is 0 Å². The standard InChI is InChI=1S/C23H20BrN3O2/c1-27(2)23(28)15-8-6-7-14(11-15)17-12-25-22-20(21(17)24)18(13-26-22)16-9-4-5-10-19(16)29-3/h4-13H,1-3H3,(H,25,26). The van der Waals surface area contributed by atoms with Gasteiger partial charge >= 0.3 is 0 Å². The molecule has 0 saturated carbocycles. The number of nitrogens with zero attached hydrogens (tertiary/aromatic N) is 2. The third-order valence-electron chi connectivity index (χ3n) is 4.86. The van der Waals surface area contributed by atoms with Crippen LogP contribution in [0.3, 0.4) is 0 Å². The van der Waals surface area contributed by atoms with Gasteiger partial charge in [0, 0.05) is 58.6 Å². The largest absolute Gasteiger partial charge is 0.496 e. The zero-order chi connectivity index (χ0) is 20.5. The SMILES string of the molecule is COc1ccccc1-c1c[nH]c2ncc(-c3cccc(C(=O)N(C)C)c3)c(Br)c12. The molecule has 0 aliphatic rings. The number of hydrogen-bond donors (Lipinski definition) is 1. The lowest BCUT2D eigenvalue weighted by Gasteiger charge is -2.13. The molecule has 0 atom stereocenters. The lowest BCUT2D eigenvalue weighted by Crippen LogP contribution is -2.21. The number of aromatic amines is 1. The number of aromatic nitrogens is 2. The fourth-order valence-corrected chi connectivity index (χ4v) is 4.15. The molecular weight excluding hydrogens is 430 g/mol. The van der Waals surface area contributed by atoms with Crippen LogP contribution in [0.5, 0.6) is 5.75 Å². The molecule has 1 N–H and O–H groups in total. The second-order valence-electron chi connectivity index (χ2n) is 6.89. The van der Waals surface area contributed by atoms with E-state index in [1.54, 1.807) is 26.1 Å². The van der Waals surface area contributed by atoms with Crippen LogP contribution < -0.4 is 4.74 Å². The van der Waals surface area contributed by atoms with E-state index in [0.717, 1.165) is 43.5 Å². The molecule has 2 aromatic carbocycles. The number of rotatable bonds is 4. The number of H-pyrrole nitrogens is 1. The molecule has 5 nitrogen and oxygen atoms in total. The molecule has 6 heteroatoms. The average molecular weight is 450 g/mol. The summed E-state index contributed by atoms with van der Waals surface area (Å²) in [5.41, 5.74) is 5.24. The number of carbonyl (C=O) groups is 1. The molecule has 146 valence electrons. The lowest BCUT2D eigenvalue weighted by molar-refractivity contribution is 0.0827. The second kappa shape index (κ2) is 7.72. The molecule has 2 heterocycles. The number of carbonyl (C=O) groups excluding carboxylic acids is 1. The van der Waals surface area contributed by atoms with E-state index in [9.17, 15) is 4.79 Å². The van der Waals surface area contributed by atoms with Crippen LogP contribution in [0.1, 0.15) is 10.4 Å². The maximum Gasteiger partial charge on any atom is 0.253 e. The van der Waals surface area contributed by atoms with E-state index in [1.165, 1.54) is 0 Å². The number of benzene rings is 2. The van der Waals surface area contributed by atoms with Gasteiger partial charge < -0.3 is 14.6 Å². The van der Waals surface area contributed by atoms with Crippen molar-refractivity contribution in [2.24, 2.45) is 0 Å². The van der Waals surface area contributed by atoms with E-state index in [0.29, 0.717) is 5.56 Å². The summed E-state index contributed by atoms with van der Waals surface area (Å²) in [6.45, 7) is 0. The molecule has 1 amide bonds. The van der Waals surface area contributed by atoms with Crippen molar-refractivity contribution in [3.8, 4) is 28.0 Å². The van der Waals surface area contributed by atoms with Crippen LogP contribution in [0.2, 0.25) is 0 Å². The summed E-state index contributed by atoms with van der Waals surface area (Å²) < 4.78 is 6.46.